The number of pyridine rings is 2. The van der Waals surface area contributed by atoms with E-state index in [9.17, 15) is 39.4 Å². The van der Waals surface area contributed by atoms with E-state index in [1.807, 2.05) is 36.9 Å². The number of nitrogens with one attached hydrogen (secondary N) is 2. The Labute approximate surface area is 648 Å². The van der Waals surface area contributed by atoms with Crippen LogP contribution in [0.25, 0.3) is 0 Å². The number of nitro benzene ring substituents is 2. The summed E-state index contributed by atoms with van der Waals surface area (Å²) in [6.07, 6.45) is 12.5. The van der Waals surface area contributed by atoms with E-state index in [0.717, 1.165) is 171 Å². The van der Waals surface area contributed by atoms with Crippen LogP contribution in [0, 0.1) is 31.1 Å². The summed E-state index contributed by atoms with van der Waals surface area (Å²) in [5.74, 6) is 7.48. The van der Waals surface area contributed by atoms with Crippen molar-refractivity contribution in [2.45, 2.75) is 78.3 Å². The van der Waals surface area contributed by atoms with E-state index < -0.39 is 34.3 Å². The van der Waals surface area contributed by atoms with Gasteiger partial charge in [0.1, 0.15) is 61.0 Å². The first-order valence-corrected chi connectivity index (χ1v) is 42.6. The number of carbonyl (C=O) groups excluding carboxylic acids is 4. The molecule has 0 aliphatic carbocycles. The van der Waals surface area contributed by atoms with E-state index in [1.54, 1.807) is 43.2 Å². The summed E-state index contributed by atoms with van der Waals surface area (Å²) in [7, 11) is 9.11. The number of aryl methyl sites for hydroxylation is 2. The van der Waals surface area contributed by atoms with Crippen LogP contribution in [0.15, 0.2) is 108 Å². The number of amides is 2. The minimum Gasteiger partial charge on any atom is -0.449 e. The average molecular weight is 1600 g/mol. The van der Waals surface area contributed by atoms with Gasteiger partial charge in [-0.1, -0.05) is 78.6 Å². The number of hydrogen-bond acceptors (Lipinski definition) is 34. The lowest BCUT2D eigenvalue weighted by molar-refractivity contribution is -0.385. The highest BCUT2D eigenvalue weighted by atomic mass is 33.1. The van der Waals surface area contributed by atoms with E-state index in [1.165, 1.54) is 70.1 Å². The fourth-order valence-electron chi connectivity index (χ4n) is 12.0. The third-order valence-corrected chi connectivity index (χ3v) is 24.9. The molecule has 2 aromatic carbocycles. The Morgan fingerprint density at radius 3 is 1.24 bits per heavy atom. The number of benzene rings is 2. The maximum absolute atomic E-state index is 12.6. The van der Waals surface area contributed by atoms with Crippen molar-refractivity contribution in [1.29, 1.82) is 0 Å². The fourth-order valence-corrected chi connectivity index (χ4v) is 16.9. The number of nitrogens with zero attached hydrogens (tertiary/aromatic N) is 14. The van der Waals surface area contributed by atoms with Gasteiger partial charge in [0.25, 0.3) is 11.4 Å². The molecular weight excluding hydrogens is 1510 g/mol. The molecule has 4 aromatic heterocycles. The molecule has 10 heterocycles. The van der Waals surface area contributed by atoms with Crippen LogP contribution in [0.5, 0.6) is 11.5 Å². The third-order valence-electron chi connectivity index (χ3n) is 17.8. The zero-order valence-corrected chi connectivity index (χ0v) is 64.7. The summed E-state index contributed by atoms with van der Waals surface area (Å²) < 4.78 is 30.5. The van der Waals surface area contributed by atoms with E-state index in [0.29, 0.717) is 62.4 Å². The molecule has 2 saturated heterocycles. The van der Waals surface area contributed by atoms with Crippen LogP contribution in [0.4, 0.5) is 53.6 Å². The van der Waals surface area contributed by atoms with Crippen molar-refractivity contribution in [2.24, 2.45) is 20.8 Å². The summed E-state index contributed by atoms with van der Waals surface area (Å²) >= 11 is 0. The maximum atomic E-state index is 12.6. The zero-order chi connectivity index (χ0) is 76.1. The molecule has 578 valence electrons. The molecule has 4 N–H and O–H groups in total. The average Bonchev–Trinajstić information content (AvgIpc) is 1.58. The van der Waals surface area contributed by atoms with Gasteiger partial charge < -0.3 is 68.9 Å². The third kappa shape index (κ3) is 24.4. The van der Waals surface area contributed by atoms with Crippen LogP contribution in [0.3, 0.4) is 0 Å². The number of nitro groups is 2. The predicted octanol–water partition coefficient (Wildman–Crippen LogP) is 11.2. The summed E-state index contributed by atoms with van der Waals surface area (Å²) in [5, 5.41) is 43.6. The van der Waals surface area contributed by atoms with Crippen LogP contribution >= 0.6 is 64.8 Å². The van der Waals surface area contributed by atoms with Crippen molar-refractivity contribution < 1.29 is 67.7 Å². The SMILES string of the molecule is CC1(CNC(=O)OCCSSCCOC(=O)NCC2(C)CCN(c3cnc4c(n3)CN=C4N3CCCc4ncccc43)CC2)CCN(c2cnc3c(n2)CN=C3N2CCCc3ncccc32)CC1.O=C(OCCSSCCOC(=O)Oc1ccc([N+](=O)[O-])cc1)Oc1ccc([N+](=O)[O-])cc1.OCCSSCCO. The molecule has 0 saturated carbocycles. The number of ether oxygens (including phenoxy) is 6. The number of fused-ring (bicyclic) bond motifs is 4. The first-order valence-electron chi connectivity index (χ1n) is 35.2. The summed E-state index contributed by atoms with van der Waals surface area (Å²) in [6.45, 7) is 12.9. The van der Waals surface area contributed by atoms with Crippen LogP contribution in [-0.2, 0) is 44.9 Å². The highest BCUT2D eigenvalue weighted by molar-refractivity contribution is 8.77. The van der Waals surface area contributed by atoms with Crippen molar-refractivity contribution >= 4 is 135 Å². The molecule has 0 atom stereocenters. The van der Waals surface area contributed by atoms with Gasteiger partial charge in [0.2, 0.25) is 0 Å². The Kier molecular flexibility index (Phi) is 31.7. The molecule has 6 aliphatic rings. The monoisotopic (exact) mass is 1600 g/mol. The van der Waals surface area contributed by atoms with Gasteiger partial charge >= 0.3 is 24.5 Å². The van der Waals surface area contributed by atoms with Crippen molar-refractivity contribution in [3.8, 4) is 11.5 Å². The molecule has 108 heavy (non-hydrogen) atoms. The van der Waals surface area contributed by atoms with Crippen LogP contribution in [0.2, 0.25) is 0 Å². The van der Waals surface area contributed by atoms with E-state index >= 15 is 0 Å². The molecule has 32 nitrogen and oxygen atoms in total. The van der Waals surface area contributed by atoms with Gasteiger partial charge in [-0.3, -0.25) is 40.2 Å². The molecule has 6 aliphatic heterocycles. The van der Waals surface area contributed by atoms with Gasteiger partial charge in [-0.25, -0.2) is 39.1 Å². The minimum absolute atomic E-state index is 0.0433. The molecule has 38 heteroatoms. The second kappa shape index (κ2) is 41.8. The second-order valence-electron chi connectivity index (χ2n) is 25.6. The van der Waals surface area contributed by atoms with Crippen molar-refractivity contribution in [3.63, 3.8) is 0 Å². The molecule has 6 aromatic rings. The van der Waals surface area contributed by atoms with Gasteiger partial charge in [0.05, 0.1) is 82.7 Å². The minimum atomic E-state index is -0.929. The maximum Gasteiger partial charge on any atom is 0.513 e. The fraction of sp³-hybridized carbons (Fsp3) is 0.486. The molecule has 2 fully saturated rings. The predicted molar refractivity (Wildman–Crippen MR) is 421 cm³/mol. The lowest BCUT2D eigenvalue weighted by Gasteiger charge is -2.39. The highest BCUT2D eigenvalue weighted by Crippen LogP contribution is 2.37. The Morgan fingerprint density at radius 1 is 0.500 bits per heavy atom. The number of amidine groups is 2. The quantitative estimate of drug-likeness (QED) is 0.00644. The molecule has 0 spiro atoms. The van der Waals surface area contributed by atoms with E-state index in [4.69, 9.17) is 68.6 Å². The van der Waals surface area contributed by atoms with Crippen molar-refractivity contribution in [3.05, 3.63) is 152 Å². The summed E-state index contributed by atoms with van der Waals surface area (Å²) in [5.41, 5.74) is 7.67. The van der Waals surface area contributed by atoms with Crippen molar-refractivity contribution in [2.75, 3.05) is 146 Å². The Morgan fingerprint density at radius 2 is 0.870 bits per heavy atom. The lowest BCUT2D eigenvalue weighted by atomic mass is 9.80. The van der Waals surface area contributed by atoms with Gasteiger partial charge in [-0.05, 0) is 111 Å². The molecule has 0 radical (unpaired) electrons. The lowest BCUT2D eigenvalue weighted by Crippen LogP contribution is -2.45. The van der Waals surface area contributed by atoms with E-state index in [-0.39, 0.29) is 60.1 Å². The molecule has 0 bridgehead atoms. The topological polar surface area (TPSA) is 389 Å². The zero-order valence-electron chi connectivity index (χ0n) is 59.8. The van der Waals surface area contributed by atoms with Crippen molar-refractivity contribution in [1.82, 2.24) is 40.5 Å². The number of aromatic nitrogens is 6. The molecular formula is C70H86N16O16S6. The molecule has 2 amide bonds. The standard InChI is InChI=1S/C48H60N14O4S2.C18H16N2O10S2.C4H10O2S2/c1-47(11-19-59(20-12-47)39-29-51-41-35(57-39)27-53-43(41)61-17-5-7-33-37(61)9-3-15-49-33)31-55-45(63)65-23-25-67-68-26-24-66-46(64)56-32-48(2)13-21-60(22-14-48)40-30-52-42-36(58-40)28-54-44(42)62-18-6-8-34-38(62)10-4-16-50-34;21-17(29-15-5-1-13(2-6-15)19(23)24)27-9-11-31-32-12-10-28-18(22)30-16-7-3-14(4-8-16)20(25)26;5-1-3-7-8-4-2-6/h3-4,9-10,15-16,29-30H,5-8,11-14,17-28,31-32H2,1-2H3,(H,55,63)(H,56,64);1-8H,9-12H2;5-6H,1-4H2. The number of carbonyl (C=O) groups is 4. The number of hydrogen-bond donors (Lipinski definition) is 4. The Hall–Kier alpha value is -8.66. The number of aliphatic hydroxyl groups is 2. The number of piperidine rings is 2. The number of rotatable bonds is 29. The Balaban J connectivity index is 0.000000258. The highest BCUT2D eigenvalue weighted by Gasteiger charge is 2.36. The Bertz CT molecular complexity index is 3820. The summed E-state index contributed by atoms with van der Waals surface area (Å²) in [4.78, 5) is 116. The van der Waals surface area contributed by atoms with Gasteiger partial charge in [-0.2, -0.15) is 0 Å². The largest absolute Gasteiger partial charge is 0.513 e. The molecule has 0 unspecified atom stereocenters. The first kappa shape index (κ1) is 81.8. The van der Waals surface area contributed by atoms with Crippen LogP contribution in [-0.4, -0.2) is 213 Å². The van der Waals surface area contributed by atoms with Crippen LogP contribution in [0.1, 0.15) is 86.5 Å². The van der Waals surface area contributed by atoms with Crippen LogP contribution < -0.4 is 39.7 Å². The number of aliphatic imine (C=N–C) groups is 2. The van der Waals surface area contributed by atoms with Gasteiger partial charge in [0, 0.05) is 124 Å². The first-order chi connectivity index (χ1) is 52.5. The number of alkyl carbamates (subject to hydrolysis) is 2. The smallest absolute Gasteiger partial charge is 0.449 e. The summed E-state index contributed by atoms with van der Waals surface area (Å²) in [6, 6.07) is 18.2. The number of non-ortho nitro benzene ring substituents is 2. The van der Waals surface area contributed by atoms with Gasteiger partial charge in [-0.15, -0.1) is 0 Å². The normalized spacial score (nSPS) is 15.7. The number of anilines is 4. The van der Waals surface area contributed by atoms with E-state index in [2.05, 4.69) is 66.2 Å². The second-order valence-corrected chi connectivity index (χ2v) is 33.7. The molecule has 12 rings (SSSR count). The van der Waals surface area contributed by atoms with Gasteiger partial charge in [0.15, 0.2) is 11.7 Å². The number of aliphatic hydroxyl groups excluding tert-OH is 2.